The molecule has 1 atom stereocenters. The molecular weight excluding hydrogens is 280 g/mol. The Balaban J connectivity index is 2.06. The number of nitrogens with two attached hydrogens (primary N) is 1. The second-order valence-electron chi connectivity index (χ2n) is 4.76. The quantitative estimate of drug-likeness (QED) is 0.860. The molecule has 0 heterocycles. The average Bonchev–Trinajstić information content (AvgIpc) is 2.53. The Morgan fingerprint density at radius 1 is 1.14 bits per heavy atom. The highest BCUT2D eigenvalue weighted by molar-refractivity contribution is 5.97. The third-order valence-electron chi connectivity index (χ3n) is 3.10. The van der Waals surface area contributed by atoms with Crippen LogP contribution < -0.4 is 15.8 Å². The number of nitrogens with one attached hydrogen (secondary N) is 1. The fourth-order valence-electron chi connectivity index (χ4n) is 1.96. The highest BCUT2D eigenvalue weighted by atomic mass is 16.5. The summed E-state index contributed by atoms with van der Waals surface area (Å²) in [6.07, 6.45) is -0.0874. The van der Waals surface area contributed by atoms with Gasteiger partial charge in [0.1, 0.15) is 5.75 Å². The van der Waals surface area contributed by atoms with Crippen molar-refractivity contribution in [1.29, 1.82) is 0 Å². The molecule has 22 heavy (non-hydrogen) atoms. The maximum atomic E-state index is 12.3. The summed E-state index contributed by atoms with van der Waals surface area (Å²) in [7, 11) is 0. The molecule has 0 aromatic heterocycles. The molecule has 3 N–H and O–H groups in total. The van der Waals surface area contributed by atoms with Gasteiger partial charge in [-0.05, 0) is 36.8 Å². The number of para-hydroxylation sites is 1. The molecule has 2 amide bonds. The van der Waals surface area contributed by atoms with Gasteiger partial charge in [-0.3, -0.25) is 9.59 Å². The summed E-state index contributed by atoms with van der Waals surface area (Å²) in [4.78, 5) is 23.4. The van der Waals surface area contributed by atoms with Crippen molar-refractivity contribution >= 4 is 17.5 Å². The number of carbonyl (C=O) groups is 2. The van der Waals surface area contributed by atoms with Crippen molar-refractivity contribution in [2.45, 2.75) is 19.4 Å². The minimum Gasteiger partial charge on any atom is -0.481 e. The molecule has 5 nitrogen and oxygen atoms in total. The first-order valence-corrected chi connectivity index (χ1v) is 7.02. The van der Waals surface area contributed by atoms with Gasteiger partial charge in [-0.25, -0.2) is 0 Å². The van der Waals surface area contributed by atoms with E-state index in [9.17, 15) is 9.59 Å². The summed E-state index contributed by atoms with van der Waals surface area (Å²) < 4.78 is 5.67. The summed E-state index contributed by atoms with van der Waals surface area (Å²) in [5.41, 5.74) is 6.08. The predicted octanol–water partition coefficient (Wildman–Crippen LogP) is 2.58. The van der Waals surface area contributed by atoms with E-state index in [-0.39, 0.29) is 5.91 Å². The molecule has 2 aromatic rings. The lowest BCUT2D eigenvalue weighted by molar-refractivity contribution is -0.122. The van der Waals surface area contributed by atoms with Crippen molar-refractivity contribution in [3.63, 3.8) is 0 Å². The van der Waals surface area contributed by atoms with E-state index >= 15 is 0 Å². The van der Waals surface area contributed by atoms with Gasteiger partial charge in [-0.2, -0.15) is 0 Å². The lowest BCUT2D eigenvalue weighted by atomic mass is 10.2. The van der Waals surface area contributed by atoms with Gasteiger partial charge in [-0.15, -0.1) is 0 Å². The second-order valence-corrected chi connectivity index (χ2v) is 4.76. The number of anilines is 1. The first-order chi connectivity index (χ1) is 10.6. The zero-order chi connectivity index (χ0) is 15.9. The number of rotatable bonds is 6. The minimum absolute atomic E-state index is 0.270. The van der Waals surface area contributed by atoms with E-state index < -0.39 is 12.0 Å². The van der Waals surface area contributed by atoms with Crippen LogP contribution in [0.25, 0.3) is 0 Å². The molecule has 114 valence electrons. The normalized spacial score (nSPS) is 11.5. The molecule has 2 rings (SSSR count). The van der Waals surface area contributed by atoms with E-state index in [1.54, 1.807) is 30.3 Å². The van der Waals surface area contributed by atoms with E-state index in [2.05, 4.69) is 5.32 Å². The molecule has 0 aliphatic rings. The van der Waals surface area contributed by atoms with Crippen LogP contribution >= 0.6 is 0 Å². The molecule has 0 spiro atoms. The van der Waals surface area contributed by atoms with Crippen molar-refractivity contribution in [2.75, 3.05) is 5.32 Å². The first kappa shape index (κ1) is 15.6. The lowest BCUT2D eigenvalue weighted by Gasteiger charge is -2.17. The fraction of sp³-hybridized carbons (Fsp3) is 0.176. The molecule has 0 fully saturated rings. The minimum atomic E-state index is -0.611. The van der Waals surface area contributed by atoms with Crippen molar-refractivity contribution in [1.82, 2.24) is 0 Å². The maximum Gasteiger partial charge on any atom is 0.265 e. The molecule has 0 radical (unpaired) electrons. The fourth-order valence-corrected chi connectivity index (χ4v) is 1.96. The third-order valence-corrected chi connectivity index (χ3v) is 3.10. The van der Waals surface area contributed by atoms with Gasteiger partial charge in [0.2, 0.25) is 5.91 Å². The van der Waals surface area contributed by atoms with E-state index in [0.717, 1.165) is 0 Å². The number of benzene rings is 2. The summed E-state index contributed by atoms with van der Waals surface area (Å²) in [6.45, 7) is 1.87. The van der Waals surface area contributed by atoms with Crippen molar-refractivity contribution in [3.05, 3.63) is 60.2 Å². The Morgan fingerprint density at radius 2 is 1.86 bits per heavy atom. The molecular formula is C17H18N2O3. The van der Waals surface area contributed by atoms with Crippen LogP contribution in [0.3, 0.4) is 0 Å². The van der Waals surface area contributed by atoms with Crippen molar-refractivity contribution in [3.8, 4) is 5.75 Å². The number of hydrogen-bond donors (Lipinski definition) is 2. The smallest absolute Gasteiger partial charge is 0.265 e. The number of hydrogen-bond acceptors (Lipinski definition) is 3. The highest BCUT2D eigenvalue weighted by Gasteiger charge is 2.18. The number of ether oxygens (including phenoxy) is 1. The van der Waals surface area contributed by atoms with Gasteiger partial charge >= 0.3 is 0 Å². The van der Waals surface area contributed by atoms with Crippen molar-refractivity contribution < 1.29 is 14.3 Å². The van der Waals surface area contributed by atoms with Crippen molar-refractivity contribution in [2.24, 2.45) is 5.73 Å². The Morgan fingerprint density at radius 3 is 2.50 bits per heavy atom. The van der Waals surface area contributed by atoms with Gasteiger partial charge in [0.25, 0.3) is 5.91 Å². The van der Waals surface area contributed by atoms with Crippen LogP contribution in [0, 0.1) is 0 Å². The van der Waals surface area contributed by atoms with Gasteiger partial charge in [0, 0.05) is 11.3 Å². The molecule has 1 unspecified atom stereocenters. The third kappa shape index (κ3) is 4.09. The predicted molar refractivity (Wildman–Crippen MR) is 84.7 cm³/mol. The molecule has 5 heteroatoms. The van der Waals surface area contributed by atoms with Gasteiger partial charge in [0.15, 0.2) is 6.10 Å². The molecule has 0 aliphatic carbocycles. The lowest BCUT2D eigenvalue weighted by Crippen LogP contribution is -2.32. The molecule has 0 bridgehead atoms. The summed E-state index contributed by atoms with van der Waals surface area (Å²) >= 11 is 0. The topological polar surface area (TPSA) is 81.4 Å². The number of amides is 2. The Hall–Kier alpha value is -2.82. The van der Waals surface area contributed by atoms with E-state index in [4.69, 9.17) is 10.5 Å². The van der Waals surface area contributed by atoms with E-state index in [1.165, 1.54) is 6.07 Å². The van der Waals surface area contributed by atoms with Crippen LogP contribution in [-0.2, 0) is 4.79 Å². The maximum absolute atomic E-state index is 12.3. The van der Waals surface area contributed by atoms with E-state index in [0.29, 0.717) is 23.4 Å². The summed E-state index contributed by atoms with van der Waals surface area (Å²) in [5.74, 6) is -0.174. The molecule has 0 saturated carbocycles. The van der Waals surface area contributed by atoms with Gasteiger partial charge < -0.3 is 15.8 Å². The first-order valence-electron chi connectivity index (χ1n) is 7.02. The summed E-state index contributed by atoms with van der Waals surface area (Å²) in [6, 6.07) is 15.6. The number of primary amides is 1. The molecule has 0 saturated heterocycles. The van der Waals surface area contributed by atoms with E-state index in [1.807, 2.05) is 25.1 Å². The average molecular weight is 298 g/mol. The van der Waals surface area contributed by atoms with Gasteiger partial charge in [-0.1, -0.05) is 31.2 Å². The highest BCUT2D eigenvalue weighted by Crippen LogP contribution is 2.15. The zero-order valence-electron chi connectivity index (χ0n) is 12.3. The summed E-state index contributed by atoms with van der Waals surface area (Å²) in [5, 5.41) is 2.74. The van der Waals surface area contributed by atoms with Gasteiger partial charge in [0.05, 0.1) is 0 Å². The zero-order valence-corrected chi connectivity index (χ0v) is 12.3. The largest absolute Gasteiger partial charge is 0.481 e. The monoisotopic (exact) mass is 298 g/mol. The van der Waals surface area contributed by atoms with Crippen LogP contribution in [0.1, 0.15) is 23.7 Å². The Kier molecular flexibility index (Phi) is 5.14. The Bertz CT molecular complexity index is 656. The number of carbonyl (C=O) groups excluding carboxylic acids is 2. The second kappa shape index (κ2) is 7.26. The van der Waals surface area contributed by atoms with Crippen LogP contribution in [-0.4, -0.2) is 17.9 Å². The van der Waals surface area contributed by atoms with Crippen LogP contribution in [0.4, 0.5) is 5.69 Å². The van der Waals surface area contributed by atoms with Crippen LogP contribution in [0.2, 0.25) is 0 Å². The van der Waals surface area contributed by atoms with Crippen LogP contribution in [0.5, 0.6) is 5.75 Å². The molecule has 0 aliphatic heterocycles. The Labute approximate surface area is 129 Å². The van der Waals surface area contributed by atoms with Crippen LogP contribution in [0.15, 0.2) is 54.6 Å². The standard InChI is InChI=1S/C17H18N2O3/c1-2-15(22-14-9-4-3-5-10-14)17(21)19-13-8-6-7-12(11-13)16(18)20/h3-11,15H,2H2,1H3,(H2,18,20)(H,19,21). The molecule has 2 aromatic carbocycles. The SMILES string of the molecule is CCC(Oc1ccccc1)C(=O)Nc1cccc(C(N)=O)c1.